The molecule has 0 radical (unpaired) electrons. The van der Waals surface area contributed by atoms with Gasteiger partial charge in [-0.2, -0.15) is 0 Å². The SMILES string of the molecule is NC(=CC=NPI)CCO. The van der Waals surface area contributed by atoms with Crippen LogP contribution in [0.15, 0.2) is 16.5 Å². The molecule has 1 atom stereocenters. The molecule has 1 unspecified atom stereocenters. The van der Waals surface area contributed by atoms with Crippen molar-refractivity contribution in [2.45, 2.75) is 6.42 Å². The molecule has 0 bridgehead atoms. The lowest BCUT2D eigenvalue weighted by Crippen LogP contribution is -1.99. The zero-order chi connectivity index (χ0) is 7.82. The Morgan fingerprint density at radius 2 is 2.50 bits per heavy atom. The van der Waals surface area contributed by atoms with Crippen molar-refractivity contribution < 1.29 is 5.11 Å². The quantitative estimate of drug-likeness (QED) is 0.459. The Labute approximate surface area is 75.1 Å². The van der Waals surface area contributed by atoms with Crippen molar-refractivity contribution in [3.8, 4) is 0 Å². The first-order valence-electron chi connectivity index (χ1n) is 2.75. The van der Waals surface area contributed by atoms with E-state index in [0.29, 0.717) is 18.5 Å². The van der Waals surface area contributed by atoms with Crippen molar-refractivity contribution in [1.29, 1.82) is 0 Å². The highest BCUT2D eigenvalue weighted by Gasteiger charge is 1.83. The fourth-order valence-electron chi connectivity index (χ4n) is 0.374. The van der Waals surface area contributed by atoms with Crippen LogP contribution < -0.4 is 5.73 Å². The van der Waals surface area contributed by atoms with E-state index >= 15 is 0 Å². The number of hydrogen-bond donors (Lipinski definition) is 2. The maximum absolute atomic E-state index is 8.43. The number of aliphatic hydroxyl groups is 1. The third-order valence-electron chi connectivity index (χ3n) is 0.812. The van der Waals surface area contributed by atoms with Crippen molar-refractivity contribution in [1.82, 2.24) is 0 Å². The van der Waals surface area contributed by atoms with Crippen LogP contribution in [0.2, 0.25) is 0 Å². The van der Waals surface area contributed by atoms with Crippen molar-refractivity contribution in [3.05, 3.63) is 11.8 Å². The van der Waals surface area contributed by atoms with E-state index in [4.69, 9.17) is 10.8 Å². The second-order valence-electron chi connectivity index (χ2n) is 1.58. The summed E-state index contributed by atoms with van der Waals surface area (Å²) in [7, 11) is 0. The zero-order valence-electron chi connectivity index (χ0n) is 5.42. The highest BCUT2D eigenvalue weighted by molar-refractivity contribution is 14.2. The molecule has 0 amide bonds. The zero-order valence-corrected chi connectivity index (χ0v) is 8.58. The molecule has 0 aromatic carbocycles. The lowest BCUT2D eigenvalue weighted by Gasteiger charge is -1.92. The van der Waals surface area contributed by atoms with E-state index < -0.39 is 0 Å². The van der Waals surface area contributed by atoms with Crippen molar-refractivity contribution in [2.75, 3.05) is 6.61 Å². The van der Waals surface area contributed by atoms with Crippen LogP contribution in [-0.4, -0.2) is 17.9 Å². The van der Waals surface area contributed by atoms with Gasteiger partial charge in [-0.1, -0.05) is 0 Å². The average Bonchev–Trinajstić information content (AvgIpc) is 1.89. The second-order valence-corrected chi connectivity index (χ2v) is 3.45. The molecule has 58 valence electrons. The number of nitrogens with zero attached hydrogens (tertiary/aromatic N) is 1. The molecule has 5 heteroatoms. The monoisotopic (exact) mass is 272 g/mol. The van der Waals surface area contributed by atoms with Crippen molar-refractivity contribution in [2.24, 2.45) is 10.5 Å². The molecule has 0 heterocycles. The van der Waals surface area contributed by atoms with Crippen LogP contribution in [0.4, 0.5) is 0 Å². The maximum Gasteiger partial charge on any atom is 0.0658 e. The molecule has 0 aliphatic carbocycles. The van der Waals surface area contributed by atoms with E-state index in [2.05, 4.69) is 26.8 Å². The molecule has 10 heavy (non-hydrogen) atoms. The van der Waals surface area contributed by atoms with Gasteiger partial charge in [0, 0.05) is 24.9 Å². The largest absolute Gasteiger partial charge is 0.402 e. The number of nitrogens with two attached hydrogens (primary N) is 1. The standard InChI is InChI=1S/C5H10IN2OP/c6-10-8-3-1-5(7)2-4-9/h1,3,9-10H,2,4,7H2. The highest BCUT2D eigenvalue weighted by Crippen LogP contribution is 2.20. The average molecular weight is 272 g/mol. The van der Waals surface area contributed by atoms with Crippen LogP contribution in [0.5, 0.6) is 0 Å². The Bertz CT molecular complexity index is 138. The van der Waals surface area contributed by atoms with Gasteiger partial charge in [0.2, 0.25) is 0 Å². The molecular weight excluding hydrogens is 262 g/mol. The van der Waals surface area contributed by atoms with Gasteiger partial charge in [-0.05, 0) is 28.1 Å². The van der Waals surface area contributed by atoms with Crippen LogP contribution in [-0.2, 0) is 0 Å². The van der Waals surface area contributed by atoms with Gasteiger partial charge in [0.05, 0.1) is 6.37 Å². The maximum atomic E-state index is 8.43. The predicted octanol–water partition coefficient (Wildman–Crippen LogP) is 1.23. The van der Waals surface area contributed by atoms with E-state index in [1.807, 2.05) is 0 Å². The smallest absolute Gasteiger partial charge is 0.0658 e. The van der Waals surface area contributed by atoms with Gasteiger partial charge in [0.1, 0.15) is 0 Å². The third kappa shape index (κ3) is 6.45. The third-order valence-corrected chi connectivity index (χ3v) is 1.89. The molecule has 0 aromatic heterocycles. The molecule has 0 rings (SSSR count). The molecule has 0 aliphatic rings. The first-order valence-corrected chi connectivity index (χ1v) is 6.81. The Morgan fingerprint density at radius 3 is 3.00 bits per heavy atom. The van der Waals surface area contributed by atoms with Crippen LogP contribution in [0.25, 0.3) is 0 Å². The van der Waals surface area contributed by atoms with Gasteiger partial charge in [0.15, 0.2) is 0 Å². The fourth-order valence-corrected chi connectivity index (χ4v) is 0.987. The van der Waals surface area contributed by atoms with Crippen LogP contribution in [0.1, 0.15) is 6.42 Å². The Balaban J connectivity index is 3.56. The molecule has 0 saturated carbocycles. The van der Waals surface area contributed by atoms with Gasteiger partial charge < -0.3 is 10.8 Å². The number of hydrogen-bond acceptors (Lipinski definition) is 3. The fraction of sp³-hybridized carbons (Fsp3) is 0.400. The Hall–Kier alpha value is 0.330. The minimum atomic E-state index is 0.0999. The Morgan fingerprint density at radius 1 is 1.80 bits per heavy atom. The number of allylic oxidation sites excluding steroid dienone is 1. The number of rotatable bonds is 4. The normalized spacial score (nSPS) is 14.0. The summed E-state index contributed by atoms with van der Waals surface area (Å²) >= 11 is 2.17. The predicted molar refractivity (Wildman–Crippen MR) is 54.8 cm³/mol. The molecule has 0 saturated heterocycles. The molecule has 3 N–H and O–H groups in total. The van der Waals surface area contributed by atoms with Crippen LogP contribution >= 0.6 is 28.4 Å². The minimum Gasteiger partial charge on any atom is -0.402 e. The topological polar surface area (TPSA) is 58.6 Å². The summed E-state index contributed by atoms with van der Waals surface area (Å²) in [6.45, 7) is 0.0999. The summed E-state index contributed by atoms with van der Waals surface area (Å²) < 4.78 is 3.95. The van der Waals surface area contributed by atoms with Gasteiger partial charge in [-0.15, -0.1) is 0 Å². The van der Waals surface area contributed by atoms with E-state index in [0.717, 1.165) is 0 Å². The van der Waals surface area contributed by atoms with Crippen LogP contribution in [0, 0.1) is 0 Å². The first kappa shape index (κ1) is 10.3. The number of halogens is 1. The van der Waals surface area contributed by atoms with E-state index in [-0.39, 0.29) is 6.61 Å². The lowest BCUT2D eigenvalue weighted by atomic mass is 10.3. The molecule has 0 aromatic rings. The molecule has 0 spiro atoms. The number of aliphatic hydroxyl groups excluding tert-OH is 1. The molecule has 0 aliphatic heterocycles. The first-order chi connectivity index (χ1) is 4.81. The van der Waals surface area contributed by atoms with Crippen LogP contribution in [0.3, 0.4) is 0 Å². The summed E-state index contributed by atoms with van der Waals surface area (Å²) in [6, 6.07) is 0. The van der Waals surface area contributed by atoms with E-state index in [9.17, 15) is 0 Å². The highest BCUT2D eigenvalue weighted by atomic mass is 127. The Kier molecular flexibility index (Phi) is 7.68. The molecular formula is C5H10IN2OP. The summed E-state index contributed by atoms with van der Waals surface area (Å²) in [5.74, 6) is 0. The summed E-state index contributed by atoms with van der Waals surface area (Å²) in [5.41, 5.74) is 6.10. The van der Waals surface area contributed by atoms with Crippen molar-refractivity contribution >= 4 is 34.6 Å². The van der Waals surface area contributed by atoms with Gasteiger partial charge in [-0.25, -0.2) is 0 Å². The van der Waals surface area contributed by atoms with Gasteiger partial charge in [-0.3, -0.25) is 4.76 Å². The summed E-state index contributed by atoms with van der Waals surface area (Å²) in [4.78, 5) is 0. The summed E-state index contributed by atoms with van der Waals surface area (Å²) in [6.07, 6.45) is 4.43. The lowest BCUT2D eigenvalue weighted by molar-refractivity contribution is 0.299. The molecule has 3 nitrogen and oxygen atoms in total. The molecule has 0 fully saturated rings. The second kappa shape index (κ2) is 7.44. The van der Waals surface area contributed by atoms with Gasteiger partial charge in [0.25, 0.3) is 0 Å². The van der Waals surface area contributed by atoms with Crippen molar-refractivity contribution in [3.63, 3.8) is 0 Å². The van der Waals surface area contributed by atoms with Gasteiger partial charge >= 0.3 is 0 Å². The van der Waals surface area contributed by atoms with E-state index in [1.54, 1.807) is 12.3 Å². The van der Waals surface area contributed by atoms with E-state index in [1.165, 1.54) is 0 Å². The minimum absolute atomic E-state index is 0.0999. The summed E-state index contributed by atoms with van der Waals surface area (Å²) in [5, 5.41) is 8.43.